The van der Waals surface area contributed by atoms with E-state index in [1.54, 1.807) is 0 Å². The Labute approximate surface area is 69.6 Å². The van der Waals surface area contributed by atoms with Crippen LogP contribution in [0.5, 0.6) is 0 Å². The summed E-state index contributed by atoms with van der Waals surface area (Å²) in [6, 6.07) is 0. The fourth-order valence-electron chi connectivity index (χ4n) is 0.614. The molecule has 0 atom stereocenters. The minimum Gasteiger partial charge on any atom is -0.413 e. The zero-order valence-electron chi connectivity index (χ0n) is 7.01. The zero-order chi connectivity index (χ0) is 8.36. The molecule has 0 aliphatic heterocycles. The SMILES string of the molecule is C#CCO[B]OCCCCC. The third-order valence-corrected chi connectivity index (χ3v) is 1.17. The number of terminal acetylenes is 1. The van der Waals surface area contributed by atoms with Crippen molar-refractivity contribution in [1.29, 1.82) is 0 Å². The molecule has 0 saturated carbocycles. The Morgan fingerprint density at radius 3 is 2.82 bits per heavy atom. The summed E-state index contributed by atoms with van der Waals surface area (Å²) in [5.74, 6) is 2.34. The Balaban J connectivity index is 2.75. The number of rotatable bonds is 7. The second kappa shape index (κ2) is 9.54. The first kappa shape index (κ1) is 10.5. The average molecular weight is 153 g/mol. The average Bonchev–Trinajstić information content (AvgIpc) is 2.03. The van der Waals surface area contributed by atoms with E-state index < -0.39 is 0 Å². The van der Waals surface area contributed by atoms with Crippen LogP contribution in [0.2, 0.25) is 0 Å². The molecule has 1 radical (unpaired) electrons. The van der Waals surface area contributed by atoms with E-state index in [9.17, 15) is 0 Å². The van der Waals surface area contributed by atoms with Gasteiger partial charge in [0.2, 0.25) is 0 Å². The van der Waals surface area contributed by atoms with Gasteiger partial charge in [-0.25, -0.2) is 0 Å². The molecule has 0 saturated heterocycles. The molecule has 0 unspecified atom stereocenters. The van der Waals surface area contributed by atoms with Crippen LogP contribution in [-0.2, 0) is 9.31 Å². The lowest BCUT2D eigenvalue weighted by Gasteiger charge is -1.99. The fourth-order valence-corrected chi connectivity index (χ4v) is 0.614. The molecule has 3 heteroatoms. The summed E-state index contributed by atoms with van der Waals surface area (Å²) < 4.78 is 9.77. The largest absolute Gasteiger partial charge is 0.488 e. The van der Waals surface area contributed by atoms with Crippen LogP contribution in [0, 0.1) is 12.3 Å². The predicted molar refractivity (Wildman–Crippen MR) is 46.0 cm³/mol. The van der Waals surface area contributed by atoms with Gasteiger partial charge in [-0.1, -0.05) is 25.7 Å². The van der Waals surface area contributed by atoms with Crippen LogP contribution in [0.4, 0.5) is 0 Å². The summed E-state index contributed by atoms with van der Waals surface area (Å²) >= 11 is 0. The summed E-state index contributed by atoms with van der Waals surface area (Å²) in [4.78, 5) is 0. The second-order valence-corrected chi connectivity index (χ2v) is 2.19. The molecule has 0 spiro atoms. The molecule has 61 valence electrons. The van der Waals surface area contributed by atoms with E-state index in [-0.39, 0.29) is 6.61 Å². The van der Waals surface area contributed by atoms with Crippen LogP contribution in [-0.4, -0.2) is 20.9 Å². The molecule has 11 heavy (non-hydrogen) atoms. The molecule has 0 aromatic heterocycles. The van der Waals surface area contributed by atoms with Gasteiger partial charge in [-0.15, -0.1) is 6.42 Å². The molecule has 0 rings (SSSR count). The first-order valence-electron chi connectivity index (χ1n) is 3.90. The molecule has 0 aromatic carbocycles. The Bertz CT molecular complexity index is 109. The highest BCUT2D eigenvalue weighted by atomic mass is 16.6. The van der Waals surface area contributed by atoms with Gasteiger partial charge in [0.05, 0.1) is 6.61 Å². The number of hydrogen-bond acceptors (Lipinski definition) is 2. The predicted octanol–water partition coefficient (Wildman–Crippen LogP) is 1.38. The van der Waals surface area contributed by atoms with Crippen molar-refractivity contribution in [3.63, 3.8) is 0 Å². The molecule has 0 amide bonds. The van der Waals surface area contributed by atoms with Gasteiger partial charge in [0.25, 0.3) is 0 Å². The normalized spacial score (nSPS) is 9.09. The van der Waals surface area contributed by atoms with Crippen molar-refractivity contribution in [2.24, 2.45) is 0 Å². The summed E-state index contributed by atoms with van der Waals surface area (Å²) in [5.41, 5.74) is 0. The van der Waals surface area contributed by atoms with Gasteiger partial charge in [0.1, 0.15) is 0 Å². The zero-order valence-corrected chi connectivity index (χ0v) is 7.01. The highest BCUT2D eigenvalue weighted by Gasteiger charge is 1.91. The van der Waals surface area contributed by atoms with Gasteiger partial charge in [0, 0.05) is 6.61 Å². The van der Waals surface area contributed by atoms with E-state index in [0.717, 1.165) is 13.0 Å². The molecule has 0 aliphatic carbocycles. The molecule has 0 aliphatic rings. The molecule has 2 nitrogen and oxygen atoms in total. The minimum absolute atomic E-state index is 0.285. The Hall–Kier alpha value is -0.455. The Morgan fingerprint density at radius 2 is 2.18 bits per heavy atom. The third-order valence-electron chi connectivity index (χ3n) is 1.17. The number of hydrogen-bond donors (Lipinski definition) is 0. The first-order chi connectivity index (χ1) is 5.41. The summed E-state index contributed by atoms with van der Waals surface area (Å²) in [5, 5.41) is 0. The second-order valence-electron chi connectivity index (χ2n) is 2.19. The van der Waals surface area contributed by atoms with Gasteiger partial charge in [-0.05, 0) is 6.42 Å². The molecular weight excluding hydrogens is 139 g/mol. The van der Waals surface area contributed by atoms with Crippen molar-refractivity contribution >= 4 is 7.69 Å². The van der Waals surface area contributed by atoms with Gasteiger partial charge < -0.3 is 9.31 Å². The van der Waals surface area contributed by atoms with Crippen LogP contribution in [0.15, 0.2) is 0 Å². The third kappa shape index (κ3) is 9.54. The van der Waals surface area contributed by atoms with Crippen molar-refractivity contribution in [1.82, 2.24) is 0 Å². The Morgan fingerprint density at radius 1 is 1.36 bits per heavy atom. The van der Waals surface area contributed by atoms with Gasteiger partial charge in [-0.3, -0.25) is 0 Å². The van der Waals surface area contributed by atoms with Crippen molar-refractivity contribution in [3.05, 3.63) is 0 Å². The topological polar surface area (TPSA) is 18.5 Å². The van der Waals surface area contributed by atoms with E-state index in [1.807, 2.05) is 0 Å². The van der Waals surface area contributed by atoms with Crippen molar-refractivity contribution in [2.45, 2.75) is 26.2 Å². The summed E-state index contributed by atoms with van der Waals surface area (Å²) in [6.07, 6.45) is 8.42. The van der Waals surface area contributed by atoms with Crippen molar-refractivity contribution in [2.75, 3.05) is 13.2 Å². The van der Waals surface area contributed by atoms with Gasteiger partial charge in [0.15, 0.2) is 0 Å². The first-order valence-corrected chi connectivity index (χ1v) is 3.90. The molecule has 0 heterocycles. The lowest BCUT2D eigenvalue weighted by atomic mass is 10.2. The van der Waals surface area contributed by atoms with E-state index in [2.05, 4.69) is 12.8 Å². The van der Waals surface area contributed by atoms with E-state index in [4.69, 9.17) is 15.7 Å². The highest BCUT2D eigenvalue weighted by Crippen LogP contribution is 1.92. The molecular formula is C8H14BO2. The number of unbranched alkanes of at least 4 members (excludes halogenated alkanes) is 2. The van der Waals surface area contributed by atoms with Gasteiger partial charge >= 0.3 is 7.69 Å². The summed E-state index contributed by atoms with van der Waals surface area (Å²) in [7, 11) is 1.32. The molecule has 0 fully saturated rings. The maximum atomic E-state index is 5.00. The lowest BCUT2D eigenvalue weighted by Crippen LogP contribution is -2.05. The van der Waals surface area contributed by atoms with E-state index >= 15 is 0 Å². The molecule has 0 N–H and O–H groups in total. The quantitative estimate of drug-likeness (QED) is 0.312. The minimum atomic E-state index is 0.285. The fraction of sp³-hybridized carbons (Fsp3) is 0.750. The van der Waals surface area contributed by atoms with Crippen molar-refractivity contribution < 1.29 is 9.31 Å². The van der Waals surface area contributed by atoms with Crippen LogP contribution in [0.25, 0.3) is 0 Å². The van der Waals surface area contributed by atoms with Crippen LogP contribution in [0.3, 0.4) is 0 Å². The molecule has 0 bridgehead atoms. The lowest BCUT2D eigenvalue weighted by molar-refractivity contribution is 0.236. The smallest absolute Gasteiger partial charge is 0.413 e. The Kier molecular flexibility index (Phi) is 9.15. The summed E-state index contributed by atoms with van der Waals surface area (Å²) in [6.45, 7) is 3.16. The monoisotopic (exact) mass is 153 g/mol. The van der Waals surface area contributed by atoms with E-state index in [1.165, 1.54) is 20.5 Å². The van der Waals surface area contributed by atoms with Crippen molar-refractivity contribution in [3.8, 4) is 12.3 Å². The van der Waals surface area contributed by atoms with Crippen LogP contribution >= 0.6 is 0 Å². The standard InChI is InChI=1S/C8H14BO2/c1-3-5-6-8-11-9-10-7-4-2/h2H,3,5-8H2,1H3. The van der Waals surface area contributed by atoms with Crippen LogP contribution < -0.4 is 0 Å². The maximum absolute atomic E-state index is 5.00. The van der Waals surface area contributed by atoms with E-state index in [0.29, 0.717) is 0 Å². The maximum Gasteiger partial charge on any atom is 0.488 e. The highest BCUT2D eigenvalue weighted by molar-refractivity contribution is 6.17. The van der Waals surface area contributed by atoms with Crippen LogP contribution in [0.1, 0.15) is 26.2 Å². The molecule has 0 aromatic rings. The van der Waals surface area contributed by atoms with Gasteiger partial charge in [-0.2, -0.15) is 0 Å².